The Hall–Kier alpha value is -0.120. The summed E-state index contributed by atoms with van der Waals surface area (Å²) in [6.07, 6.45) is 9.02. The van der Waals surface area contributed by atoms with Crippen LogP contribution in [0.25, 0.3) is 0 Å². The highest BCUT2D eigenvalue weighted by Crippen LogP contribution is 2.28. The second-order valence-electron chi connectivity index (χ2n) is 5.39. The van der Waals surface area contributed by atoms with E-state index in [4.69, 9.17) is 0 Å². The summed E-state index contributed by atoms with van der Waals surface area (Å²) >= 11 is 0. The molecule has 0 aromatic rings. The molecule has 0 aromatic heterocycles. The van der Waals surface area contributed by atoms with Crippen LogP contribution in [0.4, 0.5) is 0 Å². The van der Waals surface area contributed by atoms with E-state index >= 15 is 0 Å². The standard InChI is InChI=1S/C13H25NO2/c15-10-12-4-2-1-3-9-14(12)11-5-7-13(16)8-6-11/h11-13,15-16H,1-10H2. The smallest absolute Gasteiger partial charge is 0.0586 e. The van der Waals surface area contributed by atoms with Gasteiger partial charge in [-0.05, 0) is 45.1 Å². The zero-order chi connectivity index (χ0) is 11.4. The molecular weight excluding hydrogens is 202 g/mol. The number of likely N-dealkylation sites (tertiary alicyclic amines) is 1. The van der Waals surface area contributed by atoms with Crippen molar-refractivity contribution in [2.75, 3.05) is 13.2 Å². The molecule has 2 aliphatic rings. The maximum Gasteiger partial charge on any atom is 0.0586 e. The zero-order valence-corrected chi connectivity index (χ0v) is 10.1. The van der Waals surface area contributed by atoms with Crippen LogP contribution in [0.5, 0.6) is 0 Å². The molecule has 16 heavy (non-hydrogen) atoms. The maximum atomic E-state index is 9.54. The van der Waals surface area contributed by atoms with Crippen molar-refractivity contribution in [2.24, 2.45) is 0 Å². The number of hydrogen-bond acceptors (Lipinski definition) is 3. The Bertz CT molecular complexity index is 202. The molecule has 1 heterocycles. The van der Waals surface area contributed by atoms with Crippen molar-refractivity contribution in [3.05, 3.63) is 0 Å². The van der Waals surface area contributed by atoms with Crippen LogP contribution in [-0.4, -0.2) is 46.5 Å². The number of nitrogens with zero attached hydrogens (tertiary/aromatic N) is 1. The van der Waals surface area contributed by atoms with Crippen molar-refractivity contribution in [1.29, 1.82) is 0 Å². The summed E-state index contributed by atoms with van der Waals surface area (Å²) < 4.78 is 0. The highest BCUT2D eigenvalue weighted by atomic mass is 16.3. The minimum atomic E-state index is -0.0733. The van der Waals surface area contributed by atoms with Crippen molar-refractivity contribution in [3.8, 4) is 0 Å². The molecule has 1 unspecified atom stereocenters. The molecule has 1 saturated heterocycles. The molecule has 1 saturated carbocycles. The molecule has 1 aliphatic carbocycles. The van der Waals surface area contributed by atoms with Gasteiger partial charge in [-0.2, -0.15) is 0 Å². The molecule has 2 rings (SSSR count). The Morgan fingerprint density at radius 2 is 1.69 bits per heavy atom. The summed E-state index contributed by atoms with van der Waals surface area (Å²) in [5.41, 5.74) is 0. The van der Waals surface area contributed by atoms with Gasteiger partial charge in [-0.25, -0.2) is 0 Å². The topological polar surface area (TPSA) is 43.7 Å². The van der Waals surface area contributed by atoms with Gasteiger partial charge in [-0.15, -0.1) is 0 Å². The van der Waals surface area contributed by atoms with E-state index in [0.29, 0.717) is 18.7 Å². The molecule has 2 fully saturated rings. The maximum absolute atomic E-state index is 9.54. The number of aliphatic hydroxyl groups excluding tert-OH is 2. The van der Waals surface area contributed by atoms with Gasteiger partial charge in [0.2, 0.25) is 0 Å². The lowest BCUT2D eigenvalue weighted by Crippen LogP contribution is -2.46. The molecule has 0 bridgehead atoms. The van der Waals surface area contributed by atoms with Gasteiger partial charge in [0, 0.05) is 12.1 Å². The first-order valence-corrected chi connectivity index (χ1v) is 6.86. The predicted molar refractivity (Wildman–Crippen MR) is 64.3 cm³/mol. The van der Waals surface area contributed by atoms with E-state index in [-0.39, 0.29) is 6.10 Å². The molecule has 3 heteroatoms. The summed E-state index contributed by atoms with van der Waals surface area (Å²) in [5.74, 6) is 0. The van der Waals surface area contributed by atoms with Gasteiger partial charge in [-0.3, -0.25) is 4.90 Å². The minimum absolute atomic E-state index is 0.0733. The second kappa shape index (κ2) is 5.99. The van der Waals surface area contributed by atoms with E-state index in [1.807, 2.05) is 0 Å². The lowest BCUT2D eigenvalue weighted by Gasteiger charge is -2.39. The summed E-state index contributed by atoms with van der Waals surface area (Å²) in [6, 6.07) is 0.987. The van der Waals surface area contributed by atoms with E-state index in [9.17, 15) is 10.2 Å². The number of hydrogen-bond donors (Lipinski definition) is 2. The molecule has 0 amide bonds. The summed E-state index contributed by atoms with van der Waals surface area (Å²) in [5, 5.41) is 19.0. The Morgan fingerprint density at radius 3 is 2.38 bits per heavy atom. The van der Waals surface area contributed by atoms with Crippen LogP contribution in [0.15, 0.2) is 0 Å². The second-order valence-corrected chi connectivity index (χ2v) is 5.39. The van der Waals surface area contributed by atoms with Gasteiger partial charge in [0.15, 0.2) is 0 Å². The molecular formula is C13H25NO2. The van der Waals surface area contributed by atoms with Gasteiger partial charge in [-0.1, -0.05) is 12.8 Å². The Balaban J connectivity index is 1.93. The van der Waals surface area contributed by atoms with Crippen LogP contribution < -0.4 is 0 Å². The van der Waals surface area contributed by atoms with E-state index in [0.717, 1.165) is 38.6 Å². The van der Waals surface area contributed by atoms with Gasteiger partial charge >= 0.3 is 0 Å². The Labute approximate surface area is 98.5 Å². The highest BCUT2D eigenvalue weighted by molar-refractivity contribution is 4.85. The normalized spacial score (nSPS) is 38.2. The van der Waals surface area contributed by atoms with Crippen molar-refractivity contribution >= 4 is 0 Å². The molecule has 2 N–H and O–H groups in total. The van der Waals surface area contributed by atoms with Crippen LogP contribution in [0, 0.1) is 0 Å². The highest BCUT2D eigenvalue weighted by Gasteiger charge is 2.30. The summed E-state index contributed by atoms with van der Waals surface area (Å²) in [4.78, 5) is 2.53. The third-order valence-electron chi connectivity index (χ3n) is 4.27. The lowest BCUT2D eigenvalue weighted by molar-refractivity contribution is 0.0348. The van der Waals surface area contributed by atoms with E-state index in [1.54, 1.807) is 0 Å². The number of rotatable bonds is 2. The first kappa shape index (κ1) is 12.3. The van der Waals surface area contributed by atoms with Crippen molar-refractivity contribution in [2.45, 2.75) is 69.6 Å². The summed E-state index contributed by atoms with van der Waals surface area (Å²) in [7, 11) is 0. The molecule has 0 spiro atoms. The fourth-order valence-corrected chi connectivity index (χ4v) is 3.27. The molecule has 0 aromatic carbocycles. The third-order valence-corrected chi connectivity index (χ3v) is 4.27. The fraction of sp³-hybridized carbons (Fsp3) is 1.00. The molecule has 94 valence electrons. The van der Waals surface area contributed by atoms with Crippen LogP contribution in [-0.2, 0) is 0 Å². The average molecular weight is 227 g/mol. The van der Waals surface area contributed by atoms with Gasteiger partial charge in [0.1, 0.15) is 0 Å². The number of aliphatic hydroxyl groups is 2. The average Bonchev–Trinajstić information content (AvgIpc) is 2.55. The first-order valence-electron chi connectivity index (χ1n) is 6.86. The SMILES string of the molecule is OCC1CCCCCN1C1CCC(O)CC1. The van der Waals surface area contributed by atoms with E-state index in [2.05, 4.69) is 4.90 Å². The van der Waals surface area contributed by atoms with Crippen LogP contribution in [0.3, 0.4) is 0 Å². The molecule has 1 aliphatic heterocycles. The Kier molecular flexibility index (Phi) is 4.62. The van der Waals surface area contributed by atoms with E-state index in [1.165, 1.54) is 19.3 Å². The monoisotopic (exact) mass is 227 g/mol. The van der Waals surface area contributed by atoms with Crippen LogP contribution in [0.1, 0.15) is 51.4 Å². The van der Waals surface area contributed by atoms with Crippen LogP contribution in [0.2, 0.25) is 0 Å². The first-order chi connectivity index (χ1) is 7.81. The fourth-order valence-electron chi connectivity index (χ4n) is 3.27. The molecule has 1 atom stereocenters. The van der Waals surface area contributed by atoms with Crippen molar-refractivity contribution < 1.29 is 10.2 Å². The lowest BCUT2D eigenvalue weighted by atomic mass is 9.91. The quantitative estimate of drug-likeness (QED) is 0.752. The summed E-state index contributed by atoms with van der Waals surface area (Å²) in [6.45, 7) is 1.45. The predicted octanol–water partition coefficient (Wildman–Crippen LogP) is 1.53. The zero-order valence-electron chi connectivity index (χ0n) is 10.1. The molecule has 0 radical (unpaired) electrons. The van der Waals surface area contributed by atoms with Gasteiger partial charge < -0.3 is 10.2 Å². The third kappa shape index (κ3) is 2.96. The van der Waals surface area contributed by atoms with E-state index < -0.39 is 0 Å². The van der Waals surface area contributed by atoms with Crippen molar-refractivity contribution in [1.82, 2.24) is 4.90 Å². The largest absolute Gasteiger partial charge is 0.395 e. The van der Waals surface area contributed by atoms with Crippen molar-refractivity contribution in [3.63, 3.8) is 0 Å². The van der Waals surface area contributed by atoms with Gasteiger partial charge in [0.05, 0.1) is 12.7 Å². The van der Waals surface area contributed by atoms with Gasteiger partial charge in [0.25, 0.3) is 0 Å². The Morgan fingerprint density at radius 1 is 0.938 bits per heavy atom. The minimum Gasteiger partial charge on any atom is -0.395 e. The van der Waals surface area contributed by atoms with Crippen LogP contribution >= 0.6 is 0 Å². The molecule has 3 nitrogen and oxygen atoms in total.